The molecule has 1 amide bonds. The van der Waals surface area contributed by atoms with E-state index in [1.165, 1.54) is 0 Å². The third-order valence-electron chi connectivity index (χ3n) is 2.89. The van der Waals surface area contributed by atoms with Crippen molar-refractivity contribution in [3.63, 3.8) is 0 Å². The Labute approximate surface area is 118 Å². The molecule has 0 saturated carbocycles. The van der Waals surface area contributed by atoms with Crippen LogP contribution in [0, 0.1) is 0 Å². The lowest BCUT2D eigenvalue weighted by Gasteiger charge is -2.12. The van der Waals surface area contributed by atoms with Gasteiger partial charge in [0.15, 0.2) is 5.69 Å². The number of amides is 1. The molecule has 6 heteroatoms. The predicted molar refractivity (Wildman–Crippen MR) is 75.8 cm³/mol. The van der Waals surface area contributed by atoms with E-state index < -0.39 is 0 Å². The van der Waals surface area contributed by atoms with Crippen molar-refractivity contribution >= 4 is 11.8 Å². The summed E-state index contributed by atoms with van der Waals surface area (Å²) in [4.78, 5) is 12.0. The van der Waals surface area contributed by atoms with E-state index in [0.29, 0.717) is 11.6 Å². The number of nitrogens with one attached hydrogen (secondary N) is 1. The van der Waals surface area contributed by atoms with E-state index in [-0.39, 0.29) is 17.4 Å². The second kappa shape index (κ2) is 5.11. The monoisotopic (exact) mass is 276 g/mol. The van der Waals surface area contributed by atoms with Crippen LogP contribution in [0.5, 0.6) is 0 Å². The summed E-state index contributed by atoms with van der Waals surface area (Å²) < 4.78 is 6.85. The number of carbonyl (C=O) groups is 1. The number of anilines is 1. The highest BCUT2D eigenvalue weighted by Crippen LogP contribution is 2.23. The van der Waals surface area contributed by atoms with Crippen LogP contribution in [0.4, 0.5) is 5.88 Å². The first-order chi connectivity index (χ1) is 9.27. The van der Waals surface area contributed by atoms with Gasteiger partial charge >= 0.3 is 0 Å². The molecule has 0 saturated heterocycles. The fourth-order valence-corrected chi connectivity index (χ4v) is 1.61. The Balaban J connectivity index is 2.09. The van der Waals surface area contributed by atoms with Gasteiger partial charge in [-0.1, -0.05) is 25.9 Å². The van der Waals surface area contributed by atoms with E-state index in [0.717, 1.165) is 5.69 Å². The second-order valence-corrected chi connectivity index (χ2v) is 6.06. The molecular weight excluding hydrogens is 256 g/mol. The molecule has 108 valence electrons. The Hall–Kier alpha value is -2.11. The van der Waals surface area contributed by atoms with Crippen molar-refractivity contribution in [1.82, 2.24) is 14.9 Å². The number of carbonyl (C=O) groups excluding carboxylic acids is 1. The Bertz CT molecular complexity index is 605. The normalized spacial score (nSPS) is 11.9. The standard InChI is InChI=1S/C14H20N4O2/c1-9(2)18-7-6-10(16-18)13(19)15-12-8-11(17-20-12)14(3,4)5/h6-9H,1-5H3,(H,15,19). The Morgan fingerprint density at radius 3 is 2.60 bits per heavy atom. The zero-order chi connectivity index (χ0) is 14.9. The van der Waals surface area contributed by atoms with Crippen LogP contribution in [0.1, 0.15) is 56.8 Å². The van der Waals surface area contributed by atoms with Crippen LogP contribution >= 0.6 is 0 Å². The van der Waals surface area contributed by atoms with E-state index in [9.17, 15) is 4.79 Å². The molecule has 0 bridgehead atoms. The van der Waals surface area contributed by atoms with Gasteiger partial charge in [-0.2, -0.15) is 5.10 Å². The maximum Gasteiger partial charge on any atom is 0.278 e. The number of aromatic nitrogens is 3. The van der Waals surface area contributed by atoms with E-state index >= 15 is 0 Å². The van der Waals surface area contributed by atoms with Gasteiger partial charge in [-0.05, 0) is 19.9 Å². The summed E-state index contributed by atoms with van der Waals surface area (Å²) in [6.45, 7) is 10.1. The van der Waals surface area contributed by atoms with Gasteiger partial charge in [-0.3, -0.25) is 14.8 Å². The molecule has 0 unspecified atom stereocenters. The van der Waals surface area contributed by atoms with Gasteiger partial charge in [-0.25, -0.2) is 0 Å². The SMILES string of the molecule is CC(C)n1ccc(C(=O)Nc2cc(C(C)(C)C)no2)n1. The quantitative estimate of drug-likeness (QED) is 0.935. The summed E-state index contributed by atoms with van der Waals surface area (Å²) in [5.74, 6) is 0.0278. The molecule has 2 aromatic rings. The van der Waals surface area contributed by atoms with Crippen molar-refractivity contribution in [2.24, 2.45) is 0 Å². The van der Waals surface area contributed by atoms with Crippen LogP contribution in [0.15, 0.2) is 22.9 Å². The van der Waals surface area contributed by atoms with E-state index in [1.54, 1.807) is 23.0 Å². The summed E-state index contributed by atoms with van der Waals surface area (Å²) in [5.41, 5.74) is 1.03. The average molecular weight is 276 g/mol. The summed E-state index contributed by atoms with van der Waals surface area (Å²) in [6.07, 6.45) is 1.78. The molecule has 0 atom stereocenters. The van der Waals surface area contributed by atoms with Gasteiger partial charge in [-0.15, -0.1) is 0 Å². The van der Waals surface area contributed by atoms with Crippen molar-refractivity contribution in [1.29, 1.82) is 0 Å². The zero-order valence-corrected chi connectivity index (χ0v) is 12.5. The van der Waals surface area contributed by atoms with Crippen LogP contribution in [0.3, 0.4) is 0 Å². The van der Waals surface area contributed by atoms with Crippen molar-refractivity contribution in [2.75, 3.05) is 5.32 Å². The minimum atomic E-state index is -0.305. The fourth-order valence-electron chi connectivity index (χ4n) is 1.61. The summed E-state index contributed by atoms with van der Waals surface area (Å²) >= 11 is 0. The minimum absolute atomic E-state index is 0.119. The number of hydrogen-bond donors (Lipinski definition) is 1. The molecule has 6 nitrogen and oxygen atoms in total. The molecule has 2 aromatic heterocycles. The number of hydrogen-bond acceptors (Lipinski definition) is 4. The lowest BCUT2D eigenvalue weighted by molar-refractivity contribution is 0.101. The highest BCUT2D eigenvalue weighted by molar-refractivity contribution is 6.01. The highest BCUT2D eigenvalue weighted by Gasteiger charge is 2.20. The Kier molecular flexibility index (Phi) is 3.65. The predicted octanol–water partition coefficient (Wildman–Crippen LogP) is 3.00. The van der Waals surface area contributed by atoms with Crippen LogP contribution in [0.25, 0.3) is 0 Å². The zero-order valence-electron chi connectivity index (χ0n) is 12.5. The molecule has 0 spiro atoms. The first-order valence-electron chi connectivity index (χ1n) is 6.61. The van der Waals surface area contributed by atoms with Crippen LogP contribution in [-0.4, -0.2) is 20.8 Å². The van der Waals surface area contributed by atoms with Gasteiger partial charge in [0.2, 0.25) is 5.88 Å². The third-order valence-corrected chi connectivity index (χ3v) is 2.89. The number of rotatable bonds is 3. The maximum atomic E-state index is 12.0. The lowest BCUT2D eigenvalue weighted by Crippen LogP contribution is -2.14. The smallest absolute Gasteiger partial charge is 0.278 e. The molecule has 0 aromatic carbocycles. The van der Waals surface area contributed by atoms with Crippen LogP contribution < -0.4 is 5.32 Å². The third kappa shape index (κ3) is 3.07. The van der Waals surface area contributed by atoms with Gasteiger partial charge < -0.3 is 4.52 Å². The molecule has 0 aliphatic rings. The lowest BCUT2D eigenvalue weighted by atomic mass is 9.92. The molecule has 1 N–H and O–H groups in total. The summed E-state index contributed by atoms with van der Waals surface area (Å²) in [6, 6.07) is 3.63. The minimum Gasteiger partial charge on any atom is -0.338 e. The van der Waals surface area contributed by atoms with Crippen molar-refractivity contribution in [3.05, 3.63) is 29.7 Å². The fraction of sp³-hybridized carbons (Fsp3) is 0.500. The van der Waals surface area contributed by atoms with E-state index in [2.05, 4.69) is 15.6 Å². The molecule has 2 rings (SSSR count). The van der Waals surface area contributed by atoms with Crippen molar-refractivity contribution < 1.29 is 9.32 Å². The average Bonchev–Trinajstić information content (AvgIpc) is 2.95. The molecule has 0 aliphatic carbocycles. The molecule has 0 aliphatic heterocycles. The van der Waals surface area contributed by atoms with Crippen molar-refractivity contribution in [3.8, 4) is 0 Å². The van der Waals surface area contributed by atoms with Crippen LogP contribution in [0.2, 0.25) is 0 Å². The van der Waals surface area contributed by atoms with Crippen LogP contribution in [-0.2, 0) is 5.41 Å². The highest BCUT2D eigenvalue weighted by atomic mass is 16.5. The molecule has 20 heavy (non-hydrogen) atoms. The summed E-state index contributed by atoms with van der Waals surface area (Å²) in [5, 5.41) is 10.8. The number of nitrogens with zero attached hydrogens (tertiary/aromatic N) is 3. The molecule has 0 fully saturated rings. The first-order valence-corrected chi connectivity index (χ1v) is 6.61. The second-order valence-electron chi connectivity index (χ2n) is 6.06. The van der Waals surface area contributed by atoms with Gasteiger partial charge in [0.05, 0.1) is 5.69 Å². The first kappa shape index (κ1) is 14.3. The Morgan fingerprint density at radius 2 is 2.10 bits per heavy atom. The van der Waals surface area contributed by atoms with Gasteiger partial charge in [0.25, 0.3) is 5.91 Å². The van der Waals surface area contributed by atoms with E-state index in [1.807, 2.05) is 34.6 Å². The topological polar surface area (TPSA) is 73.0 Å². The Morgan fingerprint density at radius 1 is 1.40 bits per heavy atom. The molecular formula is C14H20N4O2. The van der Waals surface area contributed by atoms with E-state index in [4.69, 9.17) is 4.52 Å². The van der Waals surface area contributed by atoms with Gasteiger partial charge in [0.1, 0.15) is 0 Å². The van der Waals surface area contributed by atoms with Gasteiger partial charge in [0, 0.05) is 23.7 Å². The largest absolute Gasteiger partial charge is 0.338 e. The maximum absolute atomic E-state index is 12.0. The molecule has 2 heterocycles. The molecule has 0 radical (unpaired) electrons. The van der Waals surface area contributed by atoms with Crippen molar-refractivity contribution in [2.45, 2.75) is 46.1 Å². The summed E-state index contributed by atoms with van der Waals surface area (Å²) in [7, 11) is 0.